The number of benzene rings is 1. The Bertz CT molecular complexity index is 903. The van der Waals surface area contributed by atoms with Gasteiger partial charge in [-0.1, -0.05) is 19.4 Å². The highest BCUT2D eigenvalue weighted by molar-refractivity contribution is 7.91. The summed E-state index contributed by atoms with van der Waals surface area (Å²) < 4.78 is 43.6. The zero-order valence-electron chi connectivity index (χ0n) is 17.1. The molecule has 0 aliphatic carbocycles. The van der Waals surface area contributed by atoms with E-state index < -0.39 is 33.6 Å². The topological polar surface area (TPSA) is 110 Å². The van der Waals surface area contributed by atoms with Gasteiger partial charge in [-0.05, 0) is 43.4 Å². The standard InChI is InChI=1S/C20H27FN2O6S/c1-3-29-19(25)16-11-15(7-8-17(16)21)14(2)13-30(27,28)10-6-4-5-9-23-12-18(24)22-20(23)26/h7-8,11,14H,3-6,9-10,12-13H2,1-2H3,(H,22,24,26)/t14-/m0/s1. The van der Waals surface area contributed by atoms with E-state index in [4.69, 9.17) is 4.74 Å². The highest BCUT2D eigenvalue weighted by atomic mass is 32.2. The van der Waals surface area contributed by atoms with E-state index >= 15 is 0 Å². The molecule has 1 aromatic rings. The quantitative estimate of drug-likeness (QED) is 0.320. The molecule has 3 amide bonds. The summed E-state index contributed by atoms with van der Waals surface area (Å²) in [7, 11) is -3.36. The van der Waals surface area contributed by atoms with Crippen molar-refractivity contribution in [1.82, 2.24) is 10.2 Å². The number of hydrogen-bond donors (Lipinski definition) is 1. The van der Waals surface area contributed by atoms with Crippen molar-refractivity contribution in [1.29, 1.82) is 0 Å². The number of rotatable bonds is 11. The fourth-order valence-electron chi connectivity index (χ4n) is 3.24. The van der Waals surface area contributed by atoms with Crippen molar-refractivity contribution < 1.29 is 31.9 Å². The number of carbonyl (C=O) groups excluding carboxylic acids is 3. The number of nitrogens with zero attached hydrogens (tertiary/aromatic N) is 1. The van der Waals surface area contributed by atoms with E-state index in [9.17, 15) is 27.2 Å². The molecule has 1 heterocycles. The van der Waals surface area contributed by atoms with Crippen molar-refractivity contribution in [3.8, 4) is 0 Å². The lowest BCUT2D eigenvalue weighted by Gasteiger charge is -2.15. The molecular formula is C20H27FN2O6S. The van der Waals surface area contributed by atoms with Crippen molar-refractivity contribution in [3.63, 3.8) is 0 Å². The first-order valence-corrected chi connectivity index (χ1v) is 11.7. The van der Waals surface area contributed by atoms with Crippen LogP contribution in [0.4, 0.5) is 9.18 Å². The Labute approximate surface area is 175 Å². The maximum atomic E-state index is 13.9. The van der Waals surface area contributed by atoms with Crippen molar-refractivity contribution >= 4 is 27.7 Å². The SMILES string of the molecule is CCOC(=O)c1cc([C@@H](C)CS(=O)(=O)CCCCCN2CC(=O)NC2=O)ccc1F. The second kappa shape index (κ2) is 10.5. The van der Waals surface area contributed by atoms with Gasteiger partial charge in [0, 0.05) is 6.54 Å². The molecule has 2 rings (SSSR count). The van der Waals surface area contributed by atoms with Gasteiger partial charge in [-0.2, -0.15) is 0 Å². The summed E-state index contributed by atoms with van der Waals surface area (Å²) in [6, 6.07) is 3.54. The number of halogens is 1. The van der Waals surface area contributed by atoms with Crippen LogP contribution in [-0.2, 0) is 19.4 Å². The molecular weight excluding hydrogens is 415 g/mol. The summed E-state index contributed by atoms with van der Waals surface area (Å²) in [5, 5.41) is 2.19. The van der Waals surface area contributed by atoms with E-state index in [2.05, 4.69) is 5.32 Å². The Kier molecular flexibility index (Phi) is 8.33. The number of amides is 3. The van der Waals surface area contributed by atoms with Gasteiger partial charge in [0.05, 0.1) is 23.7 Å². The Balaban J connectivity index is 1.83. The molecule has 0 saturated carbocycles. The monoisotopic (exact) mass is 442 g/mol. The number of hydrogen-bond acceptors (Lipinski definition) is 6. The lowest BCUT2D eigenvalue weighted by molar-refractivity contribution is -0.118. The van der Waals surface area contributed by atoms with E-state index in [0.29, 0.717) is 31.4 Å². The van der Waals surface area contributed by atoms with Gasteiger partial charge in [-0.3, -0.25) is 10.1 Å². The molecule has 0 spiro atoms. The number of sulfone groups is 1. The summed E-state index contributed by atoms with van der Waals surface area (Å²) >= 11 is 0. The van der Waals surface area contributed by atoms with Crippen LogP contribution in [0.5, 0.6) is 0 Å². The van der Waals surface area contributed by atoms with Crippen LogP contribution >= 0.6 is 0 Å². The van der Waals surface area contributed by atoms with E-state index in [1.54, 1.807) is 13.8 Å². The number of urea groups is 1. The molecule has 0 aromatic heterocycles. The number of ether oxygens (including phenoxy) is 1. The van der Waals surface area contributed by atoms with Gasteiger partial charge in [0.2, 0.25) is 5.91 Å². The van der Waals surface area contributed by atoms with E-state index in [-0.39, 0.29) is 36.1 Å². The molecule has 1 saturated heterocycles. The van der Waals surface area contributed by atoms with Crippen LogP contribution in [0.1, 0.15) is 54.9 Å². The zero-order chi connectivity index (χ0) is 22.3. The molecule has 30 heavy (non-hydrogen) atoms. The van der Waals surface area contributed by atoms with Gasteiger partial charge < -0.3 is 9.64 Å². The smallest absolute Gasteiger partial charge is 0.341 e. The predicted molar refractivity (Wildman–Crippen MR) is 108 cm³/mol. The van der Waals surface area contributed by atoms with Crippen molar-refractivity contribution in [2.45, 2.75) is 39.0 Å². The molecule has 0 radical (unpaired) electrons. The third kappa shape index (κ3) is 6.79. The first kappa shape index (κ1) is 23.8. The maximum absolute atomic E-state index is 13.9. The fourth-order valence-corrected chi connectivity index (χ4v) is 5.01. The van der Waals surface area contributed by atoms with Crippen LogP contribution in [0.25, 0.3) is 0 Å². The van der Waals surface area contributed by atoms with Gasteiger partial charge >= 0.3 is 12.0 Å². The summed E-state index contributed by atoms with van der Waals surface area (Å²) in [5.41, 5.74) is 0.343. The van der Waals surface area contributed by atoms with Gasteiger partial charge in [0.15, 0.2) is 9.84 Å². The van der Waals surface area contributed by atoms with Gasteiger partial charge in [0.1, 0.15) is 12.4 Å². The normalized spacial score (nSPS) is 15.2. The zero-order valence-corrected chi connectivity index (χ0v) is 18.0. The summed E-state index contributed by atoms with van der Waals surface area (Å²) in [5.74, 6) is -2.36. The second-order valence-electron chi connectivity index (χ2n) is 7.31. The third-order valence-corrected chi connectivity index (χ3v) is 6.73. The Morgan fingerprint density at radius 3 is 2.63 bits per heavy atom. The van der Waals surface area contributed by atoms with Crippen LogP contribution in [0.3, 0.4) is 0 Å². The number of unbranched alkanes of at least 4 members (excludes halogenated alkanes) is 2. The molecule has 1 fully saturated rings. The number of esters is 1. The molecule has 1 aromatic carbocycles. The van der Waals surface area contributed by atoms with Crippen LogP contribution in [0.15, 0.2) is 18.2 Å². The predicted octanol–water partition coefficient (Wildman–Crippen LogP) is 2.24. The average molecular weight is 443 g/mol. The Morgan fingerprint density at radius 2 is 2.00 bits per heavy atom. The van der Waals surface area contributed by atoms with E-state index in [1.165, 1.54) is 17.0 Å². The highest BCUT2D eigenvalue weighted by Gasteiger charge is 2.26. The molecule has 8 nitrogen and oxygen atoms in total. The lowest BCUT2D eigenvalue weighted by atomic mass is 10.0. The molecule has 1 atom stereocenters. The minimum absolute atomic E-state index is 0.00556. The largest absolute Gasteiger partial charge is 0.462 e. The molecule has 1 aliphatic rings. The molecule has 1 aliphatic heterocycles. The Hall–Kier alpha value is -2.49. The van der Waals surface area contributed by atoms with Crippen molar-refractivity contribution in [3.05, 3.63) is 35.1 Å². The summed E-state index contributed by atoms with van der Waals surface area (Å²) in [6.45, 7) is 3.89. The van der Waals surface area contributed by atoms with E-state index in [1.807, 2.05) is 0 Å². The first-order valence-electron chi connectivity index (χ1n) is 9.88. The summed E-state index contributed by atoms with van der Waals surface area (Å²) in [4.78, 5) is 35.8. The van der Waals surface area contributed by atoms with Gasteiger partial charge in [-0.25, -0.2) is 22.4 Å². The number of nitrogens with one attached hydrogen (secondary N) is 1. The van der Waals surface area contributed by atoms with Crippen LogP contribution in [0, 0.1) is 5.82 Å². The second-order valence-corrected chi connectivity index (χ2v) is 9.54. The fraction of sp³-hybridized carbons (Fsp3) is 0.550. The first-order chi connectivity index (χ1) is 14.1. The maximum Gasteiger partial charge on any atom is 0.341 e. The third-order valence-electron chi connectivity index (χ3n) is 4.81. The molecule has 0 unspecified atom stereocenters. The molecule has 1 N–H and O–H groups in total. The highest BCUT2D eigenvalue weighted by Crippen LogP contribution is 2.22. The number of imide groups is 1. The Morgan fingerprint density at radius 1 is 1.27 bits per heavy atom. The average Bonchev–Trinajstić information content (AvgIpc) is 2.98. The molecule has 10 heteroatoms. The van der Waals surface area contributed by atoms with Gasteiger partial charge in [-0.15, -0.1) is 0 Å². The lowest BCUT2D eigenvalue weighted by Crippen LogP contribution is -2.29. The minimum Gasteiger partial charge on any atom is -0.462 e. The van der Waals surface area contributed by atoms with Crippen molar-refractivity contribution in [2.24, 2.45) is 0 Å². The molecule has 166 valence electrons. The number of carbonyl (C=O) groups is 3. The van der Waals surface area contributed by atoms with Gasteiger partial charge in [0.25, 0.3) is 0 Å². The van der Waals surface area contributed by atoms with Crippen LogP contribution in [-0.4, -0.2) is 62.4 Å². The minimum atomic E-state index is -3.36. The van der Waals surface area contributed by atoms with Crippen LogP contribution < -0.4 is 5.32 Å². The molecule has 0 bridgehead atoms. The van der Waals surface area contributed by atoms with Crippen LogP contribution in [0.2, 0.25) is 0 Å². The summed E-state index contributed by atoms with van der Waals surface area (Å²) in [6.07, 6.45) is 1.65. The van der Waals surface area contributed by atoms with E-state index in [0.717, 1.165) is 6.07 Å². The van der Waals surface area contributed by atoms with Crippen molar-refractivity contribution in [2.75, 3.05) is 31.2 Å².